The fourth-order valence-corrected chi connectivity index (χ4v) is 3.06. The summed E-state index contributed by atoms with van der Waals surface area (Å²) < 4.78 is 5.57. The minimum atomic E-state index is -0.315. The van der Waals surface area contributed by atoms with Crippen LogP contribution in [0.5, 0.6) is 0 Å². The largest absolute Gasteiger partial charge is 0.460 e. The SMILES string of the molecule is C=C1CCC(OC=O)(C(C)(C)C)C(CC)C1. The van der Waals surface area contributed by atoms with Crippen LogP contribution in [0.2, 0.25) is 0 Å². The van der Waals surface area contributed by atoms with Crippen molar-refractivity contribution in [3.8, 4) is 0 Å². The maximum absolute atomic E-state index is 10.8. The molecule has 2 unspecified atom stereocenters. The van der Waals surface area contributed by atoms with Gasteiger partial charge in [-0.15, -0.1) is 0 Å². The van der Waals surface area contributed by atoms with Crippen LogP contribution in [-0.4, -0.2) is 12.1 Å². The highest BCUT2D eigenvalue weighted by Gasteiger charge is 2.51. The normalized spacial score (nSPS) is 31.2. The standard InChI is InChI=1S/C14H24O2/c1-6-12-9-11(2)7-8-14(12,16-10-15)13(3,4)5/h10,12H,2,6-9H2,1,3-5H3. The van der Waals surface area contributed by atoms with Crippen molar-refractivity contribution in [1.29, 1.82) is 0 Å². The molecule has 1 fully saturated rings. The zero-order valence-electron chi connectivity index (χ0n) is 11.0. The molecule has 0 bridgehead atoms. The van der Waals surface area contributed by atoms with E-state index < -0.39 is 0 Å². The first-order chi connectivity index (χ1) is 7.37. The van der Waals surface area contributed by atoms with Gasteiger partial charge in [0, 0.05) is 11.3 Å². The third-order valence-corrected chi connectivity index (χ3v) is 4.07. The van der Waals surface area contributed by atoms with Crippen molar-refractivity contribution in [2.24, 2.45) is 11.3 Å². The molecule has 16 heavy (non-hydrogen) atoms. The lowest BCUT2D eigenvalue weighted by Gasteiger charge is -2.51. The van der Waals surface area contributed by atoms with Gasteiger partial charge < -0.3 is 4.74 Å². The van der Waals surface area contributed by atoms with Crippen molar-refractivity contribution in [2.75, 3.05) is 0 Å². The number of carbonyl (C=O) groups excluding carboxylic acids is 1. The molecule has 0 N–H and O–H groups in total. The van der Waals surface area contributed by atoms with E-state index in [4.69, 9.17) is 4.74 Å². The lowest BCUT2D eigenvalue weighted by atomic mass is 9.61. The number of allylic oxidation sites excluding steroid dienone is 1. The monoisotopic (exact) mass is 224 g/mol. The number of ether oxygens (including phenoxy) is 1. The highest BCUT2D eigenvalue weighted by atomic mass is 16.5. The minimum absolute atomic E-state index is 0.0186. The van der Waals surface area contributed by atoms with Crippen LogP contribution in [0.1, 0.15) is 53.4 Å². The van der Waals surface area contributed by atoms with Crippen molar-refractivity contribution in [2.45, 2.75) is 59.0 Å². The van der Waals surface area contributed by atoms with Crippen LogP contribution >= 0.6 is 0 Å². The van der Waals surface area contributed by atoms with Crippen LogP contribution in [0.25, 0.3) is 0 Å². The van der Waals surface area contributed by atoms with Gasteiger partial charge in [-0.25, -0.2) is 0 Å². The van der Waals surface area contributed by atoms with Crippen LogP contribution in [0, 0.1) is 11.3 Å². The van der Waals surface area contributed by atoms with E-state index in [2.05, 4.69) is 34.3 Å². The Bertz CT molecular complexity index is 275. The molecule has 2 atom stereocenters. The Balaban J connectivity index is 3.06. The average Bonchev–Trinajstić information content (AvgIpc) is 2.19. The Hall–Kier alpha value is -0.790. The van der Waals surface area contributed by atoms with Crippen LogP contribution < -0.4 is 0 Å². The summed E-state index contributed by atoms with van der Waals surface area (Å²) >= 11 is 0. The maximum atomic E-state index is 10.8. The van der Waals surface area contributed by atoms with Crippen LogP contribution in [0.3, 0.4) is 0 Å². The summed E-state index contributed by atoms with van der Waals surface area (Å²) in [6.45, 7) is 13.3. The Labute approximate surface area is 99.1 Å². The van der Waals surface area contributed by atoms with Crippen molar-refractivity contribution in [3.63, 3.8) is 0 Å². The molecule has 0 saturated heterocycles. The van der Waals surface area contributed by atoms with Gasteiger partial charge in [0.25, 0.3) is 6.47 Å². The highest BCUT2D eigenvalue weighted by Crippen LogP contribution is 2.50. The zero-order chi connectivity index (χ0) is 12.4. The fraction of sp³-hybridized carbons (Fsp3) is 0.786. The van der Waals surface area contributed by atoms with E-state index >= 15 is 0 Å². The van der Waals surface area contributed by atoms with Gasteiger partial charge >= 0.3 is 0 Å². The van der Waals surface area contributed by atoms with E-state index in [0.29, 0.717) is 12.4 Å². The summed E-state index contributed by atoms with van der Waals surface area (Å²) in [5.74, 6) is 0.402. The topological polar surface area (TPSA) is 26.3 Å². The first kappa shape index (κ1) is 13.3. The summed E-state index contributed by atoms with van der Waals surface area (Å²) in [5.41, 5.74) is 0.959. The van der Waals surface area contributed by atoms with Crippen molar-refractivity contribution in [1.82, 2.24) is 0 Å². The molecule has 0 spiro atoms. The summed E-state index contributed by atoms with van der Waals surface area (Å²) in [5, 5.41) is 0. The van der Waals surface area contributed by atoms with Gasteiger partial charge in [0.2, 0.25) is 0 Å². The van der Waals surface area contributed by atoms with Gasteiger partial charge in [0.15, 0.2) is 0 Å². The molecule has 0 heterocycles. The highest BCUT2D eigenvalue weighted by molar-refractivity contribution is 5.39. The summed E-state index contributed by atoms with van der Waals surface area (Å²) in [7, 11) is 0. The Morgan fingerprint density at radius 2 is 2.19 bits per heavy atom. The van der Waals surface area contributed by atoms with Gasteiger partial charge in [0.05, 0.1) is 0 Å². The molecule has 2 heteroatoms. The molecule has 0 aliphatic heterocycles. The second kappa shape index (κ2) is 4.60. The van der Waals surface area contributed by atoms with Crippen molar-refractivity contribution >= 4 is 6.47 Å². The molecule has 0 aromatic heterocycles. The summed E-state index contributed by atoms with van der Waals surface area (Å²) in [6, 6.07) is 0. The second-order valence-electron chi connectivity index (χ2n) is 5.91. The third-order valence-electron chi connectivity index (χ3n) is 4.07. The first-order valence-electron chi connectivity index (χ1n) is 6.15. The third kappa shape index (κ3) is 2.16. The van der Waals surface area contributed by atoms with E-state index in [-0.39, 0.29) is 11.0 Å². The predicted molar refractivity (Wildman–Crippen MR) is 66.1 cm³/mol. The Morgan fingerprint density at radius 1 is 1.56 bits per heavy atom. The van der Waals surface area contributed by atoms with E-state index in [0.717, 1.165) is 25.7 Å². The quantitative estimate of drug-likeness (QED) is 0.539. The fourth-order valence-electron chi connectivity index (χ4n) is 3.06. The molecular formula is C14H24O2. The van der Waals surface area contributed by atoms with Gasteiger partial charge in [-0.3, -0.25) is 4.79 Å². The smallest absolute Gasteiger partial charge is 0.293 e. The molecule has 0 aromatic carbocycles. The molecular weight excluding hydrogens is 200 g/mol. The van der Waals surface area contributed by atoms with Gasteiger partial charge in [-0.2, -0.15) is 0 Å². The lowest BCUT2D eigenvalue weighted by molar-refractivity contribution is -0.175. The zero-order valence-corrected chi connectivity index (χ0v) is 11.0. The molecule has 0 radical (unpaired) electrons. The first-order valence-corrected chi connectivity index (χ1v) is 6.15. The van der Waals surface area contributed by atoms with Crippen LogP contribution in [0.15, 0.2) is 12.2 Å². The summed E-state index contributed by atoms with van der Waals surface area (Å²) in [6.07, 6.45) is 3.90. The van der Waals surface area contributed by atoms with Crippen molar-refractivity contribution in [3.05, 3.63) is 12.2 Å². The van der Waals surface area contributed by atoms with E-state index in [1.165, 1.54) is 5.57 Å². The number of hydrogen-bond acceptors (Lipinski definition) is 2. The van der Waals surface area contributed by atoms with E-state index in [9.17, 15) is 4.79 Å². The molecule has 2 nitrogen and oxygen atoms in total. The van der Waals surface area contributed by atoms with Crippen LogP contribution in [0.4, 0.5) is 0 Å². The molecule has 92 valence electrons. The number of hydrogen-bond donors (Lipinski definition) is 0. The van der Waals surface area contributed by atoms with E-state index in [1.54, 1.807) is 0 Å². The van der Waals surface area contributed by atoms with Gasteiger partial charge in [0.1, 0.15) is 5.60 Å². The van der Waals surface area contributed by atoms with E-state index in [1.807, 2.05) is 0 Å². The molecule has 0 amide bonds. The Kier molecular flexibility index (Phi) is 3.82. The minimum Gasteiger partial charge on any atom is -0.460 e. The van der Waals surface area contributed by atoms with Gasteiger partial charge in [-0.1, -0.05) is 39.8 Å². The lowest BCUT2D eigenvalue weighted by Crippen LogP contribution is -2.53. The van der Waals surface area contributed by atoms with Crippen molar-refractivity contribution < 1.29 is 9.53 Å². The molecule has 0 aromatic rings. The number of rotatable bonds is 3. The number of carbonyl (C=O) groups is 1. The second-order valence-corrected chi connectivity index (χ2v) is 5.91. The average molecular weight is 224 g/mol. The molecule has 1 aliphatic rings. The van der Waals surface area contributed by atoms with Gasteiger partial charge in [-0.05, 0) is 25.7 Å². The molecule has 1 rings (SSSR count). The molecule has 1 aliphatic carbocycles. The maximum Gasteiger partial charge on any atom is 0.293 e. The molecule has 1 saturated carbocycles. The summed E-state index contributed by atoms with van der Waals surface area (Å²) in [4.78, 5) is 10.8. The Morgan fingerprint density at radius 3 is 2.62 bits per heavy atom. The van der Waals surface area contributed by atoms with Crippen LogP contribution in [-0.2, 0) is 9.53 Å². The predicted octanol–water partition coefficient (Wildman–Crippen LogP) is 3.71.